The highest BCUT2D eigenvalue weighted by atomic mass is 16.6. The van der Waals surface area contributed by atoms with E-state index in [0.717, 1.165) is 46.5 Å². The highest BCUT2D eigenvalue weighted by Gasteiger charge is 2.24. The molecule has 0 spiro atoms. The first kappa shape index (κ1) is 24.9. The van der Waals surface area contributed by atoms with Crippen molar-refractivity contribution in [2.24, 2.45) is 5.41 Å². The van der Waals surface area contributed by atoms with Gasteiger partial charge in [-0.05, 0) is 57.1 Å². The number of rotatable bonds is 6. The summed E-state index contributed by atoms with van der Waals surface area (Å²) in [5.41, 5.74) is 6.21. The van der Waals surface area contributed by atoms with Gasteiger partial charge in [0.2, 0.25) is 0 Å². The maximum Gasteiger partial charge on any atom is 0.407 e. The number of carbonyl (C=O) groups is 1. The average Bonchev–Trinajstić information content (AvgIpc) is 2.64. The lowest BCUT2D eigenvalue weighted by Gasteiger charge is -2.26. The molecular formula is C26H38N2O3. The van der Waals surface area contributed by atoms with Crippen LogP contribution in [0.25, 0.3) is 11.1 Å². The van der Waals surface area contributed by atoms with Crippen molar-refractivity contribution in [3.8, 4) is 11.1 Å². The maximum atomic E-state index is 12.4. The van der Waals surface area contributed by atoms with Gasteiger partial charge in [-0.3, -0.25) is 4.98 Å². The van der Waals surface area contributed by atoms with Crippen molar-refractivity contribution < 1.29 is 14.6 Å². The topological polar surface area (TPSA) is 71.5 Å². The van der Waals surface area contributed by atoms with Crippen molar-refractivity contribution in [2.75, 3.05) is 0 Å². The van der Waals surface area contributed by atoms with E-state index in [1.54, 1.807) is 0 Å². The number of pyridine rings is 1. The highest BCUT2D eigenvalue weighted by molar-refractivity contribution is 5.74. The quantitative estimate of drug-likeness (QED) is 0.619. The first-order valence-corrected chi connectivity index (χ1v) is 11.0. The summed E-state index contributed by atoms with van der Waals surface area (Å²) in [5.74, 6) is 0. The van der Waals surface area contributed by atoms with Crippen LogP contribution in [0.5, 0.6) is 0 Å². The number of hydrogen-bond acceptors (Lipinski definition) is 4. The minimum atomic E-state index is -0.571. The smallest absolute Gasteiger partial charge is 0.407 e. The Morgan fingerprint density at radius 1 is 1.03 bits per heavy atom. The number of hydrogen-bond donors (Lipinski definition) is 2. The SMILES string of the molecule is CCc1nc(CC(C)(C)C)c(CNC(=O)OC(C)(C)C)c(-c2ccc(C)cc2)c1CO. The Hall–Kier alpha value is -2.40. The van der Waals surface area contributed by atoms with Crippen LogP contribution in [0.3, 0.4) is 0 Å². The summed E-state index contributed by atoms with van der Waals surface area (Å²) in [7, 11) is 0. The molecule has 0 bridgehead atoms. The molecule has 0 unspecified atom stereocenters. The number of alkyl carbamates (subject to hydrolysis) is 1. The molecule has 2 aromatic rings. The van der Waals surface area contributed by atoms with E-state index in [-0.39, 0.29) is 18.6 Å². The summed E-state index contributed by atoms with van der Waals surface area (Å²) in [6.45, 7) is 16.4. The molecular weight excluding hydrogens is 388 g/mol. The molecule has 0 radical (unpaired) electrons. The number of aliphatic hydroxyl groups is 1. The molecule has 0 atom stereocenters. The van der Waals surface area contributed by atoms with Gasteiger partial charge in [0.25, 0.3) is 0 Å². The van der Waals surface area contributed by atoms with Crippen LogP contribution in [0.15, 0.2) is 24.3 Å². The van der Waals surface area contributed by atoms with Crippen LogP contribution in [0.4, 0.5) is 4.79 Å². The Morgan fingerprint density at radius 2 is 1.65 bits per heavy atom. The van der Waals surface area contributed by atoms with Crippen molar-refractivity contribution in [2.45, 2.75) is 87.0 Å². The number of aromatic nitrogens is 1. The Morgan fingerprint density at radius 3 is 2.13 bits per heavy atom. The van der Waals surface area contributed by atoms with E-state index < -0.39 is 11.7 Å². The van der Waals surface area contributed by atoms with E-state index in [2.05, 4.69) is 64.2 Å². The molecule has 0 aliphatic rings. The van der Waals surface area contributed by atoms with Crippen LogP contribution in [0, 0.1) is 12.3 Å². The Balaban J connectivity index is 2.66. The van der Waals surface area contributed by atoms with Gasteiger partial charge in [-0.25, -0.2) is 4.79 Å². The van der Waals surface area contributed by atoms with Gasteiger partial charge in [-0.1, -0.05) is 57.5 Å². The van der Waals surface area contributed by atoms with Crippen molar-refractivity contribution in [3.05, 3.63) is 52.3 Å². The zero-order valence-electron chi connectivity index (χ0n) is 20.3. The monoisotopic (exact) mass is 426 g/mol. The van der Waals surface area contributed by atoms with Gasteiger partial charge in [0.1, 0.15) is 5.60 Å². The summed E-state index contributed by atoms with van der Waals surface area (Å²) in [6, 6.07) is 8.27. The van der Waals surface area contributed by atoms with Crippen LogP contribution in [-0.4, -0.2) is 21.8 Å². The van der Waals surface area contributed by atoms with Crippen molar-refractivity contribution >= 4 is 6.09 Å². The Bertz CT molecular complexity index is 904. The lowest BCUT2D eigenvalue weighted by atomic mass is 9.84. The number of benzene rings is 1. The Kier molecular flexibility index (Phi) is 7.87. The minimum absolute atomic E-state index is 0.0178. The van der Waals surface area contributed by atoms with Crippen LogP contribution >= 0.6 is 0 Å². The zero-order chi connectivity index (χ0) is 23.4. The fourth-order valence-electron chi connectivity index (χ4n) is 3.61. The van der Waals surface area contributed by atoms with Crippen LogP contribution in [-0.2, 0) is 30.7 Å². The fourth-order valence-corrected chi connectivity index (χ4v) is 3.61. The molecule has 1 aromatic carbocycles. The lowest BCUT2D eigenvalue weighted by Crippen LogP contribution is -2.33. The summed E-state index contributed by atoms with van der Waals surface area (Å²) in [5, 5.41) is 13.2. The van der Waals surface area contributed by atoms with E-state index in [9.17, 15) is 9.90 Å². The number of aryl methyl sites for hydroxylation is 2. The molecule has 1 amide bonds. The van der Waals surface area contributed by atoms with Crippen LogP contribution in [0.1, 0.15) is 76.5 Å². The molecule has 0 saturated heterocycles. The van der Waals surface area contributed by atoms with Crippen molar-refractivity contribution in [1.29, 1.82) is 0 Å². The lowest BCUT2D eigenvalue weighted by molar-refractivity contribution is 0.0523. The zero-order valence-corrected chi connectivity index (χ0v) is 20.3. The number of nitrogens with one attached hydrogen (secondary N) is 1. The second-order valence-corrected chi connectivity index (χ2v) is 10.3. The van der Waals surface area contributed by atoms with E-state index in [0.29, 0.717) is 0 Å². The molecule has 1 aromatic heterocycles. The summed E-state index contributed by atoms with van der Waals surface area (Å²) in [6.07, 6.45) is 1.02. The molecule has 170 valence electrons. The van der Waals surface area contributed by atoms with Crippen LogP contribution in [0.2, 0.25) is 0 Å². The predicted molar refractivity (Wildman–Crippen MR) is 126 cm³/mol. The average molecular weight is 427 g/mol. The first-order valence-electron chi connectivity index (χ1n) is 11.0. The summed E-state index contributed by atoms with van der Waals surface area (Å²) in [4.78, 5) is 17.3. The molecule has 5 heteroatoms. The molecule has 2 N–H and O–H groups in total. The second-order valence-electron chi connectivity index (χ2n) is 10.3. The molecule has 31 heavy (non-hydrogen) atoms. The standard InChI is InChI=1S/C26H38N2O3/c1-9-21-20(16-29)23(18-12-10-17(2)11-13-18)19(22(28-21)14-25(3,4)5)15-27-24(30)31-26(6,7)8/h10-13,29H,9,14-16H2,1-8H3,(H,27,30). The minimum Gasteiger partial charge on any atom is -0.444 e. The van der Waals surface area contributed by atoms with Gasteiger partial charge < -0.3 is 15.2 Å². The molecule has 1 heterocycles. The number of aliphatic hydroxyl groups excluding tert-OH is 1. The van der Waals surface area contributed by atoms with Gasteiger partial charge in [-0.2, -0.15) is 0 Å². The number of amides is 1. The molecule has 0 saturated carbocycles. The van der Waals surface area contributed by atoms with Crippen molar-refractivity contribution in [3.63, 3.8) is 0 Å². The molecule has 0 aliphatic heterocycles. The van der Waals surface area contributed by atoms with E-state index in [4.69, 9.17) is 9.72 Å². The van der Waals surface area contributed by atoms with Crippen molar-refractivity contribution in [1.82, 2.24) is 10.3 Å². The predicted octanol–water partition coefficient (Wildman–Crippen LogP) is 5.73. The molecule has 0 fully saturated rings. The largest absolute Gasteiger partial charge is 0.444 e. The third-order valence-electron chi connectivity index (χ3n) is 4.91. The fraction of sp³-hybridized carbons (Fsp3) is 0.538. The van der Waals surface area contributed by atoms with Gasteiger partial charge in [-0.15, -0.1) is 0 Å². The second kappa shape index (κ2) is 9.82. The van der Waals surface area contributed by atoms with Crippen LogP contribution < -0.4 is 5.32 Å². The van der Waals surface area contributed by atoms with Gasteiger partial charge >= 0.3 is 6.09 Å². The van der Waals surface area contributed by atoms with E-state index in [1.165, 1.54) is 5.56 Å². The van der Waals surface area contributed by atoms with Gasteiger partial charge in [0.05, 0.1) is 6.61 Å². The van der Waals surface area contributed by atoms with E-state index in [1.807, 2.05) is 20.8 Å². The summed E-state index contributed by atoms with van der Waals surface area (Å²) < 4.78 is 5.44. The third-order valence-corrected chi connectivity index (χ3v) is 4.91. The molecule has 5 nitrogen and oxygen atoms in total. The highest BCUT2D eigenvalue weighted by Crippen LogP contribution is 2.34. The van der Waals surface area contributed by atoms with Gasteiger partial charge in [0.15, 0.2) is 0 Å². The first-order chi connectivity index (χ1) is 14.3. The number of carbonyl (C=O) groups excluding carboxylic acids is 1. The summed E-state index contributed by atoms with van der Waals surface area (Å²) >= 11 is 0. The molecule has 2 rings (SSSR count). The third kappa shape index (κ3) is 7.06. The van der Waals surface area contributed by atoms with Gasteiger partial charge in [0, 0.05) is 29.1 Å². The van der Waals surface area contributed by atoms with E-state index >= 15 is 0 Å². The maximum absolute atomic E-state index is 12.4. The Labute approximate surface area is 187 Å². The molecule has 0 aliphatic carbocycles. The normalized spacial score (nSPS) is 12.0. The number of nitrogens with zero attached hydrogens (tertiary/aromatic N) is 1. The number of ether oxygens (including phenoxy) is 1.